The third-order valence-corrected chi connectivity index (χ3v) is 3.45. The van der Waals surface area contributed by atoms with Crippen LogP contribution in [0.1, 0.15) is 37.3 Å². The Hall–Kier alpha value is -0.960. The Kier molecular flexibility index (Phi) is 3.77. The van der Waals surface area contributed by atoms with E-state index in [1.54, 1.807) is 24.3 Å². The Bertz CT molecular complexity index is 353. The van der Waals surface area contributed by atoms with Gasteiger partial charge < -0.3 is 5.32 Å². The second kappa shape index (κ2) is 5.13. The molecule has 2 rings (SSSR count). The van der Waals surface area contributed by atoms with Crippen LogP contribution in [-0.4, -0.2) is 12.6 Å². The lowest BCUT2D eigenvalue weighted by molar-refractivity contribution is -0.0213. The zero-order valence-corrected chi connectivity index (χ0v) is 10.2. The largest absolute Gasteiger partial charge is 0.314 e. The van der Waals surface area contributed by atoms with Crippen LogP contribution in [0.15, 0.2) is 24.3 Å². The van der Waals surface area contributed by atoms with E-state index in [1.165, 1.54) is 0 Å². The van der Waals surface area contributed by atoms with Gasteiger partial charge in [-0.2, -0.15) is 0 Å². The average Bonchev–Trinajstić information content (AvgIpc) is 2.81. The maximum Gasteiger partial charge on any atom is 0.274 e. The summed E-state index contributed by atoms with van der Waals surface area (Å²) < 4.78 is 28.0. The highest BCUT2D eigenvalue weighted by atomic mass is 19.3. The molecular weight excluding hydrogens is 220 g/mol. The molecule has 0 radical (unpaired) electrons. The molecule has 1 aromatic rings. The van der Waals surface area contributed by atoms with Crippen molar-refractivity contribution in [2.45, 2.75) is 44.6 Å². The molecule has 0 aromatic heterocycles. The van der Waals surface area contributed by atoms with Gasteiger partial charge >= 0.3 is 0 Å². The first-order valence-electron chi connectivity index (χ1n) is 6.32. The molecule has 1 heterocycles. The van der Waals surface area contributed by atoms with E-state index in [2.05, 4.69) is 5.32 Å². The quantitative estimate of drug-likeness (QED) is 0.848. The second-order valence-electron chi connectivity index (χ2n) is 4.75. The summed E-state index contributed by atoms with van der Waals surface area (Å²) in [5.74, 6) is -2.71. The molecule has 1 fully saturated rings. The molecule has 17 heavy (non-hydrogen) atoms. The Morgan fingerprint density at radius 2 is 2.00 bits per heavy atom. The molecule has 3 heteroatoms. The summed E-state index contributed by atoms with van der Waals surface area (Å²) in [6.07, 6.45) is 2.67. The van der Waals surface area contributed by atoms with Gasteiger partial charge in [-0.15, -0.1) is 0 Å². The van der Waals surface area contributed by atoms with Crippen molar-refractivity contribution in [2.24, 2.45) is 0 Å². The van der Waals surface area contributed by atoms with Crippen molar-refractivity contribution in [3.05, 3.63) is 35.4 Å². The summed E-state index contributed by atoms with van der Waals surface area (Å²) in [7, 11) is 0. The first-order valence-corrected chi connectivity index (χ1v) is 6.32. The number of benzene rings is 1. The van der Waals surface area contributed by atoms with E-state index in [4.69, 9.17) is 0 Å². The van der Waals surface area contributed by atoms with E-state index in [9.17, 15) is 8.78 Å². The van der Waals surface area contributed by atoms with Crippen LogP contribution < -0.4 is 5.32 Å². The summed E-state index contributed by atoms with van der Waals surface area (Å²) >= 11 is 0. The highest BCUT2D eigenvalue weighted by molar-refractivity contribution is 5.26. The third kappa shape index (κ3) is 3.03. The molecule has 94 valence electrons. The molecular formula is C14H19F2N. The van der Waals surface area contributed by atoms with E-state index >= 15 is 0 Å². The lowest BCUT2D eigenvalue weighted by Gasteiger charge is -2.21. The Morgan fingerprint density at radius 3 is 2.53 bits per heavy atom. The summed E-state index contributed by atoms with van der Waals surface area (Å²) in [6, 6.07) is 6.69. The van der Waals surface area contributed by atoms with Crippen LogP contribution in [0.2, 0.25) is 0 Å². The van der Waals surface area contributed by atoms with Gasteiger partial charge in [0.05, 0.1) is 0 Å². The predicted octanol–water partition coefficient (Wildman–Crippen LogP) is 3.48. The zero-order chi connectivity index (χ0) is 12.3. The molecule has 1 atom stereocenters. The van der Waals surface area contributed by atoms with Gasteiger partial charge in [0, 0.05) is 18.0 Å². The van der Waals surface area contributed by atoms with Crippen molar-refractivity contribution in [3.63, 3.8) is 0 Å². The van der Waals surface area contributed by atoms with Crippen LogP contribution in [0.3, 0.4) is 0 Å². The Morgan fingerprint density at radius 1 is 1.29 bits per heavy atom. The van der Waals surface area contributed by atoms with Crippen molar-refractivity contribution < 1.29 is 8.78 Å². The topological polar surface area (TPSA) is 12.0 Å². The van der Waals surface area contributed by atoms with Crippen molar-refractivity contribution in [1.29, 1.82) is 0 Å². The summed E-state index contributed by atoms with van der Waals surface area (Å²) in [4.78, 5) is 0. The molecule has 1 aliphatic heterocycles. The van der Waals surface area contributed by atoms with Crippen LogP contribution in [0.5, 0.6) is 0 Å². The van der Waals surface area contributed by atoms with Gasteiger partial charge in [-0.05, 0) is 31.4 Å². The van der Waals surface area contributed by atoms with E-state index < -0.39 is 5.92 Å². The number of halogens is 2. The lowest BCUT2D eigenvalue weighted by atomic mass is 9.98. The highest BCUT2D eigenvalue weighted by Crippen LogP contribution is 2.34. The zero-order valence-electron chi connectivity index (χ0n) is 10.2. The van der Waals surface area contributed by atoms with Gasteiger partial charge in [-0.1, -0.05) is 31.2 Å². The molecule has 0 spiro atoms. The van der Waals surface area contributed by atoms with Gasteiger partial charge in [0.25, 0.3) is 5.92 Å². The number of hydrogen-bond acceptors (Lipinski definition) is 1. The molecule has 1 aliphatic rings. The van der Waals surface area contributed by atoms with Crippen LogP contribution in [0.25, 0.3) is 0 Å². The minimum atomic E-state index is -2.71. The molecule has 1 aromatic carbocycles. The van der Waals surface area contributed by atoms with Gasteiger partial charge in [0.15, 0.2) is 0 Å². The minimum Gasteiger partial charge on any atom is -0.314 e. The van der Waals surface area contributed by atoms with Gasteiger partial charge in [-0.3, -0.25) is 0 Å². The maximum absolute atomic E-state index is 14.0. The van der Waals surface area contributed by atoms with Crippen molar-refractivity contribution in [1.82, 2.24) is 5.32 Å². The van der Waals surface area contributed by atoms with E-state index in [1.807, 2.05) is 6.92 Å². The summed E-state index contributed by atoms with van der Waals surface area (Å²) in [5.41, 5.74) is 1.24. The molecule has 0 saturated carbocycles. The normalized spacial score (nSPS) is 20.8. The van der Waals surface area contributed by atoms with Crippen molar-refractivity contribution in [2.75, 3.05) is 6.54 Å². The smallest absolute Gasteiger partial charge is 0.274 e. The molecule has 0 aliphatic carbocycles. The maximum atomic E-state index is 14.0. The minimum absolute atomic E-state index is 0.0316. The number of rotatable bonds is 4. The molecule has 1 unspecified atom stereocenters. The molecule has 0 amide bonds. The standard InChI is InChI=1S/C14H19F2N/c1-2-11-5-7-12(8-6-11)14(15,16)10-13-4-3-9-17-13/h5-8,13,17H,2-4,9-10H2,1H3. The van der Waals surface area contributed by atoms with Gasteiger partial charge in [0.2, 0.25) is 0 Å². The lowest BCUT2D eigenvalue weighted by Crippen LogP contribution is -2.29. The fourth-order valence-electron chi connectivity index (χ4n) is 2.34. The fraction of sp³-hybridized carbons (Fsp3) is 0.571. The summed E-state index contributed by atoms with van der Waals surface area (Å²) in [5, 5.41) is 3.13. The monoisotopic (exact) mass is 239 g/mol. The molecule has 1 nitrogen and oxygen atoms in total. The van der Waals surface area contributed by atoms with Crippen LogP contribution in [-0.2, 0) is 12.3 Å². The SMILES string of the molecule is CCc1ccc(C(F)(F)CC2CCCN2)cc1. The Balaban J connectivity index is 2.06. The van der Waals surface area contributed by atoms with Gasteiger partial charge in [0.1, 0.15) is 0 Å². The van der Waals surface area contributed by atoms with Crippen molar-refractivity contribution in [3.8, 4) is 0 Å². The molecule has 1 N–H and O–H groups in total. The molecule has 0 bridgehead atoms. The highest BCUT2D eigenvalue weighted by Gasteiger charge is 2.35. The first kappa shape index (κ1) is 12.5. The van der Waals surface area contributed by atoms with E-state index in [0.29, 0.717) is 0 Å². The number of nitrogens with one attached hydrogen (secondary N) is 1. The van der Waals surface area contributed by atoms with Gasteiger partial charge in [-0.25, -0.2) is 8.78 Å². The number of aryl methyl sites for hydroxylation is 1. The van der Waals surface area contributed by atoms with E-state index in [0.717, 1.165) is 31.4 Å². The average molecular weight is 239 g/mol. The number of hydrogen-bond donors (Lipinski definition) is 1. The Labute approximate surface area is 101 Å². The second-order valence-corrected chi connectivity index (χ2v) is 4.75. The predicted molar refractivity (Wildman–Crippen MR) is 65.4 cm³/mol. The van der Waals surface area contributed by atoms with Crippen LogP contribution >= 0.6 is 0 Å². The first-order chi connectivity index (χ1) is 8.12. The summed E-state index contributed by atoms with van der Waals surface area (Å²) in [6.45, 7) is 2.89. The van der Waals surface area contributed by atoms with Crippen LogP contribution in [0, 0.1) is 0 Å². The third-order valence-electron chi connectivity index (χ3n) is 3.45. The van der Waals surface area contributed by atoms with Crippen molar-refractivity contribution >= 4 is 0 Å². The van der Waals surface area contributed by atoms with Crippen LogP contribution in [0.4, 0.5) is 8.78 Å². The van der Waals surface area contributed by atoms with E-state index in [-0.39, 0.29) is 18.0 Å². The fourth-order valence-corrected chi connectivity index (χ4v) is 2.34. The molecule has 1 saturated heterocycles. The number of alkyl halides is 2.